The van der Waals surface area contributed by atoms with Crippen molar-refractivity contribution in [2.24, 2.45) is 0 Å². The Labute approximate surface area is 120 Å². The van der Waals surface area contributed by atoms with Gasteiger partial charge in [-0.1, -0.05) is 41.6 Å². The van der Waals surface area contributed by atoms with Gasteiger partial charge in [-0.25, -0.2) is 0 Å². The molecule has 1 N–H and O–H groups in total. The first-order chi connectivity index (χ1) is 8.77. The monoisotopic (exact) mass is 316 g/mol. The molecule has 0 aliphatic heterocycles. The number of hydrogen-bond acceptors (Lipinski definition) is 1. The number of carbonyl (C=O) groups is 1. The van der Waals surface area contributed by atoms with Gasteiger partial charge in [-0.15, -0.1) is 11.8 Å². The minimum absolute atomic E-state index is 0.314. The summed E-state index contributed by atoms with van der Waals surface area (Å²) >= 11 is 3.42. The van der Waals surface area contributed by atoms with E-state index >= 15 is 0 Å². The Morgan fingerprint density at radius 3 is 1.89 bits per heavy atom. The van der Waals surface area contributed by atoms with Gasteiger partial charge >= 0.3 is 5.97 Å². The van der Waals surface area contributed by atoms with Crippen LogP contribution in [0.2, 0.25) is 0 Å². The van der Waals surface area contributed by atoms with Crippen LogP contribution in [0.15, 0.2) is 0 Å². The molecule has 3 heteroatoms. The zero-order chi connectivity index (χ0) is 13.5. The van der Waals surface area contributed by atoms with Crippen LogP contribution in [0.5, 0.6) is 0 Å². The zero-order valence-electron chi connectivity index (χ0n) is 11.2. The van der Waals surface area contributed by atoms with Crippen LogP contribution in [0.3, 0.4) is 0 Å². The molecule has 0 spiro atoms. The normalized spacial score (nSPS) is 9.83. The number of aliphatic carboxylic acids is 1. The van der Waals surface area contributed by atoms with E-state index in [1.54, 1.807) is 0 Å². The molecular weight excluding hydrogens is 292 g/mol. The number of carboxylic acid groups (broad SMARTS) is 1. The van der Waals surface area contributed by atoms with Gasteiger partial charge in [0, 0.05) is 24.6 Å². The minimum Gasteiger partial charge on any atom is -0.481 e. The molecule has 0 aromatic heterocycles. The van der Waals surface area contributed by atoms with Crippen LogP contribution in [0.4, 0.5) is 0 Å². The second-order valence-electron chi connectivity index (χ2n) is 4.51. The Kier molecular flexibility index (Phi) is 14.2. The maximum atomic E-state index is 10.3. The summed E-state index contributed by atoms with van der Waals surface area (Å²) in [6.07, 6.45) is 11.4. The molecule has 0 radical (unpaired) electrons. The van der Waals surface area contributed by atoms with Gasteiger partial charge in [0.1, 0.15) is 0 Å². The molecule has 18 heavy (non-hydrogen) atoms. The van der Waals surface area contributed by atoms with E-state index in [1.165, 1.54) is 25.7 Å². The number of hydrogen-bond donors (Lipinski definition) is 1. The minimum atomic E-state index is -0.680. The summed E-state index contributed by atoms with van der Waals surface area (Å²) < 4.78 is 0. The third kappa shape index (κ3) is 15.5. The van der Waals surface area contributed by atoms with Crippen molar-refractivity contribution in [2.75, 3.05) is 5.33 Å². The van der Waals surface area contributed by atoms with Crippen molar-refractivity contribution >= 4 is 21.9 Å². The lowest BCUT2D eigenvalue weighted by atomic mass is 10.1. The molecular formula is C15H25BrO2. The molecule has 0 saturated heterocycles. The Balaban J connectivity index is 3.10. The van der Waals surface area contributed by atoms with E-state index in [0.29, 0.717) is 6.42 Å². The summed E-state index contributed by atoms with van der Waals surface area (Å²) in [5, 5.41) is 9.57. The van der Waals surface area contributed by atoms with Gasteiger partial charge < -0.3 is 5.11 Å². The topological polar surface area (TPSA) is 37.3 Å². The molecule has 0 amide bonds. The van der Waals surface area contributed by atoms with Crippen LogP contribution < -0.4 is 0 Å². The van der Waals surface area contributed by atoms with Gasteiger partial charge in [-0.05, 0) is 25.7 Å². The van der Waals surface area contributed by atoms with Gasteiger partial charge in [-0.3, -0.25) is 4.79 Å². The molecule has 0 saturated carbocycles. The second kappa shape index (κ2) is 14.6. The number of halogens is 1. The van der Waals surface area contributed by atoms with Crippen molar-refractivity contribution < 1.29 is 9.90 Å². The fraction of sp³-hybridized carbons (Fsp3) is 0.800. The summed E-state index contributed by atoms with van der Waals surface area (Å²) in [7, 11) is 0. The van der Waals surface area contributed by atoms with Crippen molar-refractivity contribution in [3.63, 3.8) is 0 Å². The van der Waals surface area contributed by atoms with Gasteiger partial charge in [-0.2, -0.15) is 0 Å². The lowest BCUT2D eigenvalue weighted by molar-refractivity contribution is -0.137. The Morgan fingerprint density at radius 2 is 1.33 bits per heavy atom. The lowest BCUT2D eigenvalue weighted by Gasteiger charge is -1.97. The van der Waals surface area contributed by atoms with E-state index in [0.717, 1.165) is 43.9 Å². The van der Waals surface area contributed by atoms with E-state index in [1.807, 2.05) is 0 Å². The first-order valence-corrected chi connectivity index (χ1v) is 8.13. The number of rotatable bonds is 11. The summed E-state index contributed by atoms with van der Waals surface area (Å²) in [6, 6.07) is 0. The van der Waals surface area contributed by atoms with Crippen LogP contribution in [0.1, 0.15) is 70.6 Å². The third-order valence-electron chi connectivity index (χ3n) is 2.75. The highest BCUT2D eigenvalue weighted by Gasteiger charge is 1.95. The number of carboxylic acids is 1. The quantitative estimate of drug-likeness (QED) is 0.339. The highest BCUT2D eigenvalue weighted by molar-refractivity contribution is 9.09. The molecule has 0 aliphatic rings. The standard InChI is InChI=1S/C15H25BrO2/c16-14-12-10-8-6-4-2-1-3-5-7-9-11-13-15(17)18/h1,3,5-14H2,(H,17,18). The van der Waals surface area contributed by atoms with Gasteiger partial charge in [0.2, 0.25) is 0 Å². The van der Waals surface area contributed by atoms with Gasteiger partial charge in [0.05, 0.1) is 0 Å². The summed E-state index contributed by atoms with van der Waals surface area (Å²) in [4.78, 5) is 10.3. The second-order valence-corrected chi connectivity index (χ2v) is 5.31. The van der Waals surface area contributed by atoms with Gasteiger partial charge in [0.25, 0.3) is 0 Å². The molecule has 0 bridgehead atoms. The average molecular weight is 317 g/mol. The predicted molar refractivity (Wildman–Crippen MR) is 80.0 cm³/mol. The van der Waals surface area contributed by atoms with Gasteiger partial charge in [0.15, 0.2) is 0 Å². The highest BCUT2D eigenvalue weighted by atomic mass is 79.9. The van der Waals surface area contributed by atoms with Crippen LogP contribution in [-0.4, -0.2) is 16.4 Å². The lowest BCUT2D eigenvalue weighted by Crippen LogP contribution is -1.93. The fourth-order valence-corrected chi connectivity index (χ4v) is 2.08. The molecule has 0 heterocycles. The molecule has 104 valence electrons. The van der Waals surface area contributed by atoms with Crippen molar-refractivity contribution in [2.45, 2.75) is 70.6 Å². The fourth-order valence-electron chi connectivity index (χ4n) is 1.68. The van der Waals surface area contributed by atoms with Crippen molar-refractivity contribution in [1.29, 1.82) is 0 Å². The maximum Gasteiger partial charge on any atom is 0.303 e. The molecule has 2 nitrogen and oxygen atoms in total. The first kappa shape index (κ1) is 17.5. The largest absolute Gasteiger partial charge is 0.481 e. The van der Waals surface area contributed by atoms with E-state index < -0.39 is 5.97 Å². The third-order valence-corrected chi connectivity index (χ3v) is 3.31. The van der Waals surface area contributed by atoms with Crippen LogP contribution in [0.25, 0.3) is 0 Å². The summed E-state index contributed by atoms with van der Waals surface area (Å²) in [5.74, 6) is 5.75. The maximum absolute atomic E-state index is 10.3. The van der Waals surface area contributed by atoms with Crippen LogP contribution in [0, 0.1) is 11.8 Å². The SMILES string of the molecule is O=C(O)CCCCCCCC#CCCCCCBr. The Morgan fingerprint density at radius 1 is 0.833 bits per heavy atom. The Hall–Kier alpha value is -0.490. The van der Waals surface area contributed by atoms with Crippen LogP contribution >= 0.6 is 15.9 Å². The average Bonchev–Trinajstić information content (AvgIpc) is 2.34. The first-order valence-electron chi connectivity index (χ1n) is 7.01. The summed E-state index contributed by atoms with van der Waals surface area (Å²) in [6.45, 7) is 0. The van der Waals surface area contributed by atoms with Crippen molar-refractivity contribution in [3.05, 3.63) is 0 Å². The molecule has 0 atom stereocenters. The molecule has 0 rings (SSSR count). The molecule has 0 fully saturated rings. The Bertz CT molecular complexity index is 253. The smallest absolute Gasteiger partial charge is 0.303 e. The van der Waals surface area contributed by atoms with E-state index in [9.17, 15) is 4.79 Å². The summed E-state index contributed by atoms with van der Waals surface area (Å²) in [5.41, 5.74) is 0. The molecule has 0 aromatic carbocycles. The molecule has 0 unspecified atom stereocenters. The van der Waals surface area contributed by atoms with E-state index in [-0.39, 0.29) is 0 Å². The molecule has 0 aromatic rings. The zero-order valence-corrected chi connectivity index (χ0v) is 12.8. The highest BCUT2D eigenvalue weighted by Crippen LogP contribution is 2.07. The van der Waals surface area contributed by atoms with Crippen molar-refractivity contribution in [3.8, 4) is 11.8 Å². The van der Waals surface area contributed by atoms with E-state index in [2.05, 4.69) is 27.8 Å². The van der Waals surface area contributed by atoms with Crippen molar-refractivity contribution in [1.82, 2.24) is 0 Å². The predicted octanol–water partition coefficient (Wildman–Crippen LogP) is 4.76. The van der Waals surface area contributed by atoms with E-state index in [4.69, 9.17) is 5.11 Å². The molecule has 0 aliphatic carbocycles. The number of unbranched alkanes of at least 4 members (excludes halogenated alkanes) is 8. The van der Waals surface area contributed by atoms with Crippen LogP contribution in [-0.2, 0) is 4.79 Å². The number of alkyl halides is 1.